The molecule has 0 atom stereocenters. The second-order valence-electron chi connectivity index (χ2n) is 4.55. The fourth-order valence-corrected chi connectivity index (χ4v) is 2.17. The van der Waals surface area contributed by atoms with E-state index in [1.165, 1.54) is 12.1 Å². The third kappa shape index (κ3) is 2.83. The quantitative estimate of drug-likeness (QED) is 0.766. The van der Waals surface area contributed by atoms with Gasteiger partial charge in [0.15, 0.2) is 5.43 Å². The molecular weight excluding hydrogens is 288 g/mol. The number of aromatic hydroxyl groups is 1. The molecule has 0 spiro atoms. The van der Waals surface area contributed by atoms with Crippen molar-refractivity contribution >= 4 is 34.7 Å². The summed E-state index contributed by atoms with van der Waals surface area (Å²) in [5.41, 5.74) is 1.03. The number of rotatable bonds is 2. The van der Waals surface area contributed by atoms with Gasteiger partial charge in [-0.2, -0.15) is 0 Å². The Labute approximate surface area is 125 Å². The van der Waals surface area contributed by atoms with Crippen LogP contribution in [-0.2, 0) is 0 Å². The van der Waals surface area contributed by atoms with Gasteiger partial charge in [0.1, 0.15) is 22.5 Å². The van der Waals surface area contributed by atoms with Gasteiger partial charge < -0.3 is 9.52 Å². The molecule has 2 aromatic carbocycles. The highest BCUT2D eigenvalue weighted by atomic mass is 35.5. The molecule has 1 heterocycles. The Morgan fingerprint density at radius 1 is 1.05 bits per heavy atom. The largest absolute Gasteiger partial charge is 0.507 e. The highest BCUT2D eigenvalue weighted by Crippen LogP contribution is 2.22. The van der Waals surface area contributed by atoms with E-state index in [4.69, 9.17) is 16.0 Å². The molecule has 0 aliphatic carbocycles. The molecule has 3 nitrogen and oxygen atoms in total. The summed E-state index contributed by atoms with van der Waals surface area (Å²) in [7, 11) is 0. The molecule has 4 heteroatoms. The molecule has 1 N–H and O–H groups in total. The van der Waals surface area contributed by atoms with Crippen LogP contribution in [0.4, 0.5) is 0 Å². The van der Waals surface area contributed by atoms with Crippen LogP contribution in [0.15, 0.2) is 57.7 Å². The van der Waals surface area contributed by atoms with Crippen molar-refractivity contribution < 1.29 is 9.52 Å². The SMILES string of the molecule is O=c1cc(/C=C/c2ccc(Cl)cc2)oc2cccc(O)c12. The summed E-state index contributed by atoms with van der Waals surface area (Å²) in [6, 6.07) is 13.4. The maximum atomic E-state index is 12.0. The summed E-state index contributed by atoms with van der Waals surface area (Å²) >= 11 is 5.82. The summed E-state index contributed by atoms with van der Waals surface area (Å²) in [5, 5.41) is 10.5. The minimum Gasteiger partial charge on any atom is -0.507 e. The van der Waals surface area contributed by atoms with Crippen molar-refractivity contribution in [1.29, 1.82) is 0 Å². The van der Waals surface area contributed by atoms with E-state index in [-0.39, 0.29) is 16.6 Å². The zero-order valence-corrected chi connectivity index (χ0v) is 11.7. The predicted octanol–water partition coefficient (Wildman–Crippen LogP) is 4.32. The van der Waals surface area contributed by atoms with Gasteiger partial charge in [-0.05, 0) is 35.9 Å². The van der Waals surface area contributed by atoms with Crippen molar-refractivity contribution in [2.45, 2.75) is 0 Å². The van der Waals surface area contributed by atoms with E-state index in [9.17, 15) is 9.90 Å². The van der Waals surface area contributed by atoms with Gasteiger partial charge in [-0.25, -0.2) is 0 Å². The molecule has 0 fully saturated rings. The van der Waals surface area contributed by atoms with Crippen LogP contribution < -0.4 is 5.43 Å². The molecule has 104 valence electrons. The van der Waals surface area contributed by atoms with Crippen LogP contribution >= 0.6 is 11.6 Å². The molecule has 0 aliphatic rings. The van der Waals surface area contributed by atoms with E-state index in [0.717, 1.165) is 5.56 Å². The maximum absolute atomic E-state index is 12.0. The molecule has 3 rings (SSSR count). The molecular formula is C17H11ClO3. The molecule has 0 radical (unpaired) electrons. The predicted molar refractivity (Wildman–Crippen MR) is 84.5 cm³/mol. The number of hydrogen-bond acceptors (Lipinski definition) is 3. The fourth-order valence-electron chi connectivity index (χ4n) is 2.04. The highest BCUT2D eigenvalue weighted by molar-refractivity contribution is 6.30. The van der Waals surface area contributed by atoms with Crippen LogP contribution in [0, 0.1) is 0 Å². The van der Waals surface area contributed by atoms with Crippen LogP contribution in [0.25, 0.3) is 23.1 Å². The van der Waals surface area contributed by atoms with E-state index < -0.39 is 0 Å². The molecule has 1 aromatic heterocycles. The van der Waals surface area contributed by atoms with Gasteiger partial charge in [-0.15, -0.1) is 0 Å². The normalized spacial score (nSPS) is 11.3. The molecule has 0 amide bonds. The molecule has 3 aromatic rings. The Hall–Kier alpha value is -2.52. The average molecular weight is 299 g/mol. The second-order valence-corrected chi connectivity index (χ2v) is 4.98. The Morgan fingerprint density at radius 3 is 2.57 bits per heavy atom. The lowest BCUT2D eigenvalue weighted by molar-refractivity contribution is 0.479. The monoisotopic (exact) mass is 298 g/mol. The van der Waals surface area contributed by atoms with Gasteiger partial charge in [-0.3, -0.25) is 4.79 Å². The van der Waals surface area contributed by atoms with E-state index in [1.807, 2.05) is 18.2 Å². The summed E-state index contributed by atoms with van der Waals surface area (Å²) < 4.78 is 5.60. The highest BCUT2D eigenvalue weighted by Gasteiger charge is 2.06. The first kappa shape index (κ1) is 13.5. The van der Waals surface area contributed by atoms with Crippen LogP contribution in [0.1, 0.15) is 11.3 Å². The second kappa shape index (κ2) is 5.46. The third-order valence-electron chi connectivity index (χ3n) is 3.06. The molecule has 21 heavy (non-hydrogen) atoms. The zero-order valence-electron chi connectivity index (χ0n) is 10.9. The van der Waals surface area contributed by atoms with E-state index >= 15 is 0 Å². The molecule has 0 saturated carbocycles. The summed E-state index contributed by atoms with van der Waals surface area (Å²) in [4.78, 5) is 12.0. The fraction of sp³-hybridized carbons (Fsp3) is 0. The number of benzene rings is 2. The molecule has 0 bridgehead atoms. The van der Waals surface area contributed by atoms with Gasteiger partial charge >= 0.3 is 0 Å². The van der Waals surface area contributed by atoms with Crippen LogP contribution in [-0.4, -0.2) is 5.11 Å². The minimum absolute atomic E-state index is 0.0746. The summed E-state index contributed by atoms with van der Waals surface area (Å²) in [6.07, 6.45) is 3.53. The lowest BCUT2D eigenvalue weighted by Gasteiger charge is -2.00. The molecule has 0 unspecified atom stereocenters. The van der Waals surface area contributed by atoms with E-state index in [0.29, 0.717) is 16.4 Å². The van der Waals surface area contributed by atoms with E-state index in [2.05, 4.69) is 0 Å². The first-order chi connectivity index (χ1) is 10.1. The number of phenolic OH excluding ortho intramolecular Hbond substituents is 1. The van der Waals surface area contributed by atoms with Gasteiger partial charge in [0.2, 0.25) is 0 Å². The van der Waals surface area contributed by atoms with Crippen molar-refractivity contribution in [2.75, 3.05) is 0 Å². The third-order valence-corrected chi connectivity index (χ3v) is 3.31. The van der Waals surface area contributed by atoms with Crippen molar-refractivity contribution in [3.8, 4) is 5.75 Å². The van der Waals surface area contributed by atoms with E-state index in [1.54, 1.807) is 30.3 Å². The average Bonchev–Trinajstić information content (AvgIpc) is 2.46. The van der Waals surface area contributed by atoms with Crippen molar-refractivity contribution in [1.82, 2.24) is 0 Å². The summed E-state index contributed by atoms with van der Waals surface area (Å²) in [5.74, 6) is 0.350. The Kier molecular flexibility index (Phi) is 3.50. The lowest BCUT2D eigenvalue weighted by atomic mass is 10.1. The van der Waals surface area contributed by atoms with Crippen LogP contribution in [0.3, 0.4) is 0 Å². The zero-order chi connectivity index (χ0) is 14.8. The molecule has 0 aliphatic heterocycles. The van der Waals surface area contributed by atoms with Gasteiger partial charge in [0.05, 0.1) is 0 Å². The van der Waals surface area contributed by atoms with Crippen LogP contribution in [0.2, 0.25) is 5.02 Å². The lowest BCUT2D eigenvalue weighted by Crippen LogP contribution is -2.00. The van der Waals surface area contributed by atoms with Crippen molar-refractivity contribution in [3.63, 3.8) is 0 Å². The number of phenols is 1. The smallest absolute Gasteiger partial charge is 0.197 e. The minimum atomic E-state index is -0.273. The van der Waals surface area contributed by atoms with Crippen LogP contribution in [0.5, 0.6) is 5.75 Å². The van der Waals surface area contributed by atoms with Crippen molar-refractivity contribution in [3.05, 3.63) is 75.1 Å². The summed E-state index contributed by atoms with van der Waals surface area (Å²) in [6.45, 7) is 0. The maximum Gasteiger partial charge on any atom is 0.197 e. The number of fused-ring (bicyclic) bond motifs is 1. The Balaban J connectivity index is 2.02. The number of hydrogen-bond donors (Lipinski definition) is 1. The van der Waals surface area contributed by atoms with Gasteiger partial charge in [0.25, 0.3) is 0 Å². The first-order valence-corrected chi connectivity index (χ1v) is 6.71. The van der Waals surface area contributed by atoms with Crippen molar-refractivity contribution in [2.24, 2.45) is 0 Å². The topological polar surface area (TPSA) is 50.4 Å². The first-order valence-electron chi connectivity index (χ1n) is 6.33. The Bertz CT molecular complexity index is 877. The molecule has 0 saturated heterocycles. The van der Waals surface area contributed by atoms with Gasteiger partial charge in [0, 0.05) is 11.1 Å². The number of halogens is 1. The standard InChI is InChI=1S/C17H11ClO3/c18-12-7-4-11(5-8-12)6-9-13-10-15(20)17-14(19)2-1-3-16(17)21-13/h1-10,19H/b9-6+. The Morgan fingerprint density at radius 2 is 1.81 bits per heavy atom. The van der Waals surface area contributed by atoms with Gasteiger partial charge in [-0.1, -0.05) is 35.9 Å².